The molecule has 10 nitrogen and oxygen atoms in total. The number of thiocarbonyl (C=S) groups is 2. The molecule has 28 heavy (non-hydrogen) atoms. The fourth-order valence-electron chi connectivity index (χ4n) is 1.60. The van der Waals surface area contributed by atoms with Gasteiger partial charge in [-0.15, -0.1) is 5.06 Å². The monoisotopic (exact) mass is 446 g/mol. The molecule has 0 heterocycles. The van der Waals surface area contributed by atoms with E-state index in [1.54, 1.807) is 33.0 Å². The van der Waals surface area contributed by atoms with Gasteiger partial charge >= 0.3 is 10.5 Å². The lowest BCUT2D eigenvalue weighted by molar-refractivity contribution is -0.00566. The predicted molar refractivity (Wildman–Crippen MR) is 121 cm³/mol. The van der Waals surface area contributed by atoms with Crippen LogP contribution >= 0.6 is 24.4 Å². The summed E-state index contributed by atoms with van der Waals surface area (Å²) in [6.45, 7) is 3.53. The fraction of sp³-hybridized carbons (Fsp3) is 0.333. The van der Waals surface area contributed by atoms with E-state index in [2.05, 4.69) is 31.7 Å². The first-order valence-electron chi connectivity index (χ1n) is 7.92. The smallest absolute Gasteiger partial charge is 0.364 e. The molecule has 13 heteroatoms. The number of hydrogen-bond acceptors (Lipinski definition) is 7. The average molecular weight is 447 g/mol. The van der Waals surface area contributed by atoms with Gasteiger partial charge in [-0.3, -0.25) is 10.9 Å². The first kappa shape index (κ1) is 24.0. The average Bonchev–Trinajstić information content (AvgIpc) is 2.63. The lowest BCUT2D eigenvalue weighted by atomic mass is 10.3. The Balaban J connectivity index is 2.66. The van der Waals surface area contributed by atoms with Crippen molar-refractivity contribution < 1.29 is 13.0 Å². The van der Waals surface area contributed by atoms with Gasteiger partial charge in [0, 0.05) is 39.0 Å². The molecule has 0 aliphatic carbocycles. The maximum Gasteiger partial charge on any atom is 0.407 e. The first-order chi connectivity index (χ1) is 13.0. The van der Waals surface area contributed by atoms with E-state index >= 15 is 0 Å². The lowest BCUT2D eigenvalue weighted by Gasteiger charge is -2.10. The Hall–Kier alpha value is -2.03. The highest BCUT2D eigenvalue weighted by Crippen LogP contribution is 2.20. The molecule has 1 aromatic rings. The van der Waals surface area contributed by atoms with Crippen LogP contribution in [0.4, 0.5) is 5.69 Å². The summed E-state index contributed by atoms with van der Waals surface area (Å²) in [7, 11) is 1.13. The molecule has 5 N–H and O–H groups in total. The molecule has 1 unspecified atom stereocenters. The van der Waals surface area contributed by atoms with Gasteiger partial charge < -0.3 is 10.6 Å². The van der Waals surface area contributed by atoms with Crippen molar-refractivity contribution in [1.82, 2.24) is 21.2 Å². The maximum absolute atomic E-state index is 12.1. The quantitative estimate of drug-likeness (QED) is 0.182. The summed E-state index contributed by atoms with van der Waals surface area (Å²) < 4.78 is 26.8. The summed E-state index contributed by atoms with van der Waals surface area (Å²) in [5, 5.41) is 15.7. The number of hydroxylamine groups is 2. The SMILES string of the molecule is CNC(=S)N/N=C(C)\C(C)=N/NC(=S)Nc1ccc([S+](=O)(O)ON(C)C)cc1. The minimum Gasteiger partial charge on any atom is -0.364 e. The van der Waals surface area contributed by atoms with Crippen molar-refractivity contribution in [2.24, 2.45) is 10.2 Å². The predicted octanol–water partition coefficient (Wildman–Crippen LogP) is 1.56. The molecule has 154 valence electrons. The molecule has 1 rings (SSSR count). The van der Waals surface area contributed by atoms with Crippen LogP contribution in [0.5, 0.6) is 0 Å². The molecule has 1 aromatic carbocycles. The molecule has 0 saturated carbocycles. The fourth-order valence-corrected chi connectivity index (χ4v) is 2.78. The van der Waals surface area contributed by atoms with Crippen LogP contribution in [0.15, 0.2) is 39.4 Å². The molecule has 0 fully saturated rings. The second-order valence-electron chi connectivity index (χ2n) is 5.54. The lowest BCUT2D eigenvalue weighted by Crippen LogP contribution is -2.30. The Labute approximate surface area is 176 Å². The van der Waals surface area contributed by atoms with Crippen LogP contribution in [0.25, 0.3) is 0 Å². The number of benzene rings is 1. The minimum atomic E-state index is -3.60. The molecule has 0 bridgehead atoms. The number of hydrogen-bond donors (Lipinski definition) is 5. The Morgan fingerprint density at radius 3 is 2.04 bits per heavy atom. The number of anilines is 1. The molecule has 0 aliphatic heterocycles. The third-order valence-corrected chi connectivity index (χ3v) is 4.92. The van der Waals surface area contributed by atoms with Crippen molar-refractivity contribution in [2.75, 3.05) is 26.5 Å². The van der Waals surface area contributed by atoms with E-state index in [1.807, 2.05) is 0 Å². The molecular formula is C15H24N7O3S3+. The molecule has 0 radical (unpaired) electrons. The van der Waals surface area contributed by atoms with Crippen molar-refractivity contribution in [3.05, 3.63) is 24.3 Å². The van der Waals surface area contributed by atoms with Crippen LogP contribution in [0.3, 0.4) is 0 Å². The number of rotatable bonds is 7. The zero-order valence-corrected chi connectivity index (χ0v) is 18.6. The molecule has 0 aliphatic rings. The number of nitrogens with one attached hydrogen (secondary N) is 4. The Morgan fingerprint density at radius 1 is 1.07 bits per heavy atom. The summed E-state index contributed by atoms with van der Waals surface area (Å²) >= 11 is 10.1. The van der Waals surface area contributed by atoms with Crippen molar-refractivity contribution in [3.63, 3.8) is 0 Å². The Morgan fingerprint density at radius 2 is 1.57 bits per heavy atom. The molecule has 0 saturated heterocycles. The normalized spacial score (nSPS) is 14.2. The van der Waals surface area contributed by atoms with Crippen molar-refractivity contribution >= 4 is 62.3 Å². The van der Waals surface area contributed by atoms with Crippen LogP contribution in [0, 0.1) is 0 Å². The second kappa shape index (κ2) is 11.1. The van der Waals surface area contributed by atoms with E-state index in [1.165, 1.54) is 31.3 Å². The van der Waals surface area contributed by atoms with Gasteiger partial charge in [0.25, 0.3) is 0 Å². The van der Waals surface area contributed by atoms with E-state index in [4.69, 9.17) is 28.7 Å². The zero-order chi connectivity index (χ0) is 21.3. The van der Waals surface area contributed by atoms with Crippen molar-refractivity contribution in [1.29, 1.82) is 0 Å². The van der Waals surface area contributed by atoms with E-state index in [0.717, 1.165) is 0 Å². The van der Waals surface area contributed by atoms with Crippen LogP contribution in [0.2, 0.25) is 0 Å². The van der Waals surface area contributed by atoms with Crippen LogP contribution < -0.4 is 21.5 Å². The highest BCUT2D eigenvalue weighted by molar-refractivity contribution is 7.93. The standard InChI is InChI=1S/C15H23N7O3S3/c1-10(18-20-14(26)16-3)11(2)19-21-15(27)17-12-6-8-13(9-7-12)28(23,24)25-22(4)5/h6-9H,1-5H3,(H4-,16,17,18,19,20,21,23,24,26,27)/p+1. The maximum atomic E-state index is 12.1. The van der Waals surface area contributed by atoms with Gasteiger partial charge in [0.05, 0.1) is 11.4 Å². The number of hydrazone groups is 2. The first-order valence-corrected chi connectivity index (χ1v) is 10.2. The highest BCUT2D eigenvalue weighted by atomic mass is 32.3. The molecule has 0 amide bonds. The zero-order valence-electron chi connectivity index (χ0n) is 16.1. The van der Waals surface area contributed by atoms with E-state index < -0.39 is 10.5 Å². The largest absolute Gasteiger partial charge is 0.407 e. The van der Waals surface area contributed by atoms with Gasteiger partial charge in [-0.2, -0.15) is 14.8 Å². The third-order valence-electron chi connectivity index (χ3n) is 3.06. The summed E-state index contributed by atoms with van der Waals surface area (Å²) in [5.74, 6) is 0. The molecule has 0 spiro atoms. The van der Waals surface area contributed by atoms with Gasteiger partial charge in [-0.25, -0.2) is 0 Å². The summed E-state index contributed by atoms with van der Waals surface area (Å²) in [6, 6.07) is 6.14. The van der Waals surface area contributed by atoms with Crippen LogP contribution in [-0.4, -0.2) is 52.4 Å². The summed E-state index contributed by atoms with van der Waals surface area (Å²) in [4.78, 5) is 0.137. The van der Waals surface area contributed by atoms with Gasteiger partial charge in [-0.1, -0.05) is 0 Å². The topological polar surface area (TPSA) is 123 Å². The highest BCUT2D eigenvalue weighted by Gasteiger charge is 2.33. The van der Waals surface area contributed by atoms with E-state index in [-0.39, 0.29) is 10.0 Å². The molecular weight excluding hydrogens is 422 g/mol. The Kier molecular flexibility index (Phi) is 9.51. The van der Waals surface area contributed by atoms with Crippen LogP contribution in [-0.2, 0) is 19.0 Å². The van der Waals surface area contributed by atoms with Crippen molar-refractivity contribution in [3.8, 4) is 0 Å². The number of nitrogens with zero attached hydrogens (tertiary/aromatic N) is 3. The minimum absolute atomic E-state index is 0.137. The summed E-state index contributed by atoms with van der Waals surface area (Å²) in [6.07, 6.45) is 0. The second-order valence-corrected chi connectivity index (χ2v) is 7.92. The van der Waals surface area contributed by atoms with Gasteiger partial charge in [0.2, 0.25) is 4.90 Å². The van der Waals surface area contributed by atoms with Crippen molar-refractivity contribution in [2.45, 2.75) is 18.7 Å². The third kappa shape index (κ3) is 8.33. The van der Waals surface area contributed by atoms with Gasteiger partial charge in [-0.05, 0) is 58.9 Å². The van der Waals surface area contributed by atoms with Gasteiger partial charge in [0.1, 0.15) is 0 Å². The van der Waals surface area contributed by atoms with Crippen LogP contribution in [0.1, 0.15) is 13.8 Å². The van der Waals surface area contributed by atoms with E-state index in [9.17, 15) is 8.76 Å². The van der Waals surface area contributed by atoms with Gasteiger partial charge in [0.15, 0.2) is 10.2 Å². The molecule has 0 aromatic heterocycles. The summed E-state index contributed by atoms with van der Waals surface area (Å²) in [5.41, 5.74) is 7.20. The Bertz CT molecular complexity index is 810. The van der Waals surface area contributed by atoms with E-state index in [0.29, 0.717) is 22.2 Å². The molecule has 1 atom stereocenters.